The fourth-order valence-electron chi connectivity index (χ4n) is 2.34. The van der Waals surface area contributed by atoms with Gasteiger partial charge in [-0.2, -0.15) is 0 Å². The number of thioether (sulfide) groups is 1. The van der Waals surface area contributed by atoms with E-state index in [4.69, 9.17) is 5.84 Å². The van der Waals surface area contributed by atoms with Crippen LogP contribution in [-0.4, -0.2) is 19.9 Å². The van der Waals surface area contributed by atoms with E-state index in [2.05, 4.69) is 57.1 Å². The van der Waals surface area contributed by atoms with Crippen LogP contribution in [0.4, 0.5) is 10.8 Å². The van der Waals surface area contributed by atoms with Crippen LogP contribution in [0.5, 0.6) is 0 Å². The van der Waals surface area contributed by atoms with Crippen LogP contribution in [-0.2, 0) is 5.75 Å². The number of aryl methyl sites for hydroxylation is 1. The van der Waals surface area contributed by atoms with Crippen molar-refractivity contribution in [3.63, 3.8) is 0 Å². The predicted molar refractivity (Wildman–Crippen MR) is 98.3 cm³/mol. The van der Waals surface area contributed by atoms with Gasteiger partial charge in [0.25, 0.3) is 0 Å². The fourth-order valence-corrected chi connectivity index (χ4v) is 3.93. The number of nitrogens with zero attached hydrogens (tertiary/aromatic N) is 4. The van der Waals surface area contributed by atoms with E-state index in [1.165, 1.54) is 18.4 Å². The smallest absolute Gasteiger partial charge is 0.210 e. The Kier molecular flexibility index (Phi) is 4.15. The molecule has 0 saturated heterocycles. The lowest BCUT2D eigenvalue weighted by Gasteiger charge is -2.02. The molecule has 2 heterocycles. The lowest BCUT2D eigenvalue weighted by Crippen LogP contribution is -2.13. The summed E-state index contributed by atoms with van der Waals surface area (Å²) in [6, 6.07) is 8.28. The van der Waals surface area contributed by atoms with Crippen molar-refractivity contribution in [1.82, 2.24) is 19.9 Å². The van der Waals surface area contributed by atoms with Gasteiger partial charge in [0.05, 0.1) is 5.69 Å². The molecule has 0 spiro atoms. The quantitative estimate of drug-likeness (QED) is 0.517. The molecule has 4 rings (SSSR count). The molecule has 1 saturated carbocycles. The van der Waals surface area contributed by atoms with E-state index in [1.54, 1.807) is 27.8 Å². The molecule has 0 amide bonds. The second-order valence-corrected chi connectivity index (χ2v) is 7.71. The SMILES string of the molecule is Cc1ccc(Nc2nc(CSc3nnc(C4CC4)n3N)cs2)cc1. The van der Waals surface area contributed by atoms with Crippen molar-refractivity contribution in [3.05, 3.63) is 46.7 Å². The Hall–Kier alpha value is -2.06. The molecule has 0 unspecified atom stereocenters. The summed E-state index contributed by atoms with van der Waals surface area (Å²) in [6.45, 7) is 2.08. The van der Waals surface area contributed by atoms with Gasteiger partial charge in [-0.15, -0.1) is 21.5 Å². The molecule has 0 radical (unpaired) electrons. The van der Waals surface area contributed by atoms with Crippen LogP contribution >= 0.6 is 23.1 Å². The largest absolute Gasteiger partial charge is 0.336 e. The number of rotatable bonds is 6. The summed E-state index contributed by atoms with van der Waals surface area (Å²) < 4.78 is 1.63. The first-order valence-corrected chi connectivity index (χ1v) is 9.67. The molecule has 0 aliphatic heterocycles. The maximum atomic E-state index is 6.07. The van der Waals surface area contributed by atoms with Gasteiger partial charge < -0.3 is 11.2 Å². The number of aromatic nitrogens is 4. The molecule has 3 aromatic rings. The number of hydrogen-bond acceptors (Lipinski definition) is 7. The van der Waals surface area contributed by atoms with Gasteiger partial charge >= 0.3 is 0 Å². The van der Waals surface area contributed by atoms with Crippen LogP contribution in [0.3, 0.4) is 0 Å². The average Bonchev–Trinajstić information content (AvgIpc) is 3.22. The van der Waals surface area contributed by atoms with Crippen LogP contribution in [0, 0.1) is 6.92 Å². The van der Waals surface area contributed by atoms with Crippen molar-refractivity contribution < 1.29 is 0 Å². The highest BCUT2D eigenvalue weighted by atomic mass is 32.2. The lowest BCUT2D eigenvalue weighted by atomic mass is 10.2. The highest BCUT2D eigenvalue weighted by Crippen LogP contribution is 2.39. The van der Waals surface area contributed by atoms with Gasteiger partial charge in [-0.3, -0.25) is 0 Å². The van der Waals surface area contributed by atoms with Gasteiger partial charge in [0, 0.05) is 22.7 Å². The Morgan fingerprint density at radius 3 is 2.83 bits per heavy atom. The standard InChI is InChI=1S/C16H18N6S2/c1-10-2-6-12(7-3-10)18-15-19-13(8-23-15)9-24-16-21-20-14(22(16)17)11-4-5-11/h2-3,6-8,11H,4-5,9,17H2,1H3,(H,18,19). The summed E-state index contributed by atoms with van der Waals surface area (Å²) in [4.78, 5) is 4.62. The third-order valence-electron chi connectivity index (χ3n) is 3.84. The number of nitrogens with one attached hydrogen (secondary N) is 1. The van der Waals surface area contributed by atoms with Crippen molar-refractivity contribution in [2.45, 2.75) is 36.6 Å². The number of anilines is 2. The molecule has 6 nitrogen and oxygen atoms in total. The first-order valence-electron chi connectivity index (χ1n) is 7.80. The Morgan fingerprint density at radius 1 is 1.29 bits per heavy atom. The molecule has 124 valence electrons. The Bertz CT molecular complexity index is 835. The molecule has 1 aromatic carbocycles. The maximum Gasteiger partial charge on any atom is 0.210 e. The number of benzene rings is 1. The summed E-state index contributed by atoms with van der Waals surface area (Å²) in [5.41, 5.74) is 3.30. The Labute approximate surface area is 148 Å². The number of nitrogen functional groups attached to an aromatic ring is 1. The van der Waals surface area contributed by atoms with E-state index in [9.17, 15) is 0 Å². The van der Waals surface area contributed by atoms with E-state index < -0.39 is 0 Å². The minimum Gasteiger partial charge on any atom is -0.336 e. The minimum atomic E-state index is 0.501. The van der Waals surface area contributed by atoms with Gasteiger partial charge in [-0.05, 0) is 31.9 Å². The molecule has 1 aliphatic rings. The van der Waals surface area contributed by atoms with E-state index in [1.807, 2.05) is 0 Å². The summed E-state index contributed by atoms with van der Waals surface area (Å²) >= 11 is 3.17. The van der Waals surface area contributed by atoms with Crippen molar-refractivity contribution in [1.29, 1.82) is 0 Å². The third kappa shape index (κ3) is 3.39. The zero-order chi connectivity index (χ0) is 16.5. The summed E-state index contributed by atoms with van der Waals surface area (Å²) in [5.74, 6) is 8.20. The Balaban J connectivity index is 1.37. The highest BCUT2D eigenvalue weighted by molar-refractivity contribution is 7.98. The van der Waals surface area contributed by atoms with Crippen LogP contribution in [0.2, 0.25) is 0 Å². The third-order valence-corrected chi connectivity index (χ3v) is 5.62. The zero-order valence-corrected chi connectivity index (χ0v) is 14.9. The molecule has 24 heavy (non-hydrogen) atoms. The lowest BCUT2D eigenvalue weighted by molar-refractivity contribution is 0.790. The van der Waals surface area contributed by atoms with Gasteiger partial charge in [-0.25, -0.2) is 9.66 Å². The normalized spacial score (nSPS) is 14.0. The summed E-state index contributed by atoms with van der Waals surface area (Å²) in [6.07, 6.45) is 2.33. The van der Waals surface area contributed by atoms with Crippen molar-refractivity contribution in [2.24, 2.45) is 0 Å². The fraction of sp³-hybridized carbons (Fsp3) is 0.312. The molecule has 8 heteroatoms. The second-order valence-electron chi connectivity index (χ2n) is 5.91. The molecule has 0 atom stereocenters. The zero-order valence-electron chi connectivity index (χ0n) is 13.3. The summed E-state index contributed by atoms with van der Waals surface area (Å²) in [7, 11) is 0. The highest BCUT2D eigenvalue weighted by Gasteiger charge is 2.29. The van der Waals surface area contributed by atoms with Crippen LogP contribution in [0.25, 0.3) is 0 Å². The van der Waals surface area contributed by atoms with Crippen molar-refractivity contribution >= 4 is 33.9 Å². The minimum absolute atomic E-state index is 0.501. The van der Waals surface area contributed by atoms with Gasteiger partial charge in [0.2, 0.25) is 5.16 Å². The number of thiazole rings is 1. The Morgan fingerprint density at radius 2 is 2.08 bits per heavy atom. The average molecular weight is 358 g/mol. The van der Waals surface area contributed by atoms with Gasteiger partial charge in [0.15, 0.2) is 11.0 Å². The molecule has 2 aromatic heterocycles. The van der Waals surface area contributed by atoms with Crippen LogP contribution < -0.4 is 11.2 Å². The van der Waals surface area contributed by atoms with Crippen LogP contribution in [0.15, 0.2) is 34.8 Å². The first kappa shape index (κ1) is 15.5. The predicted octanol–water partition coefficient (Wildman–Crippen LogP) is 3.67. The summed E-state index contributed by atoms with van der Waals surface area (Å²) in [5, 5.41) is 15.4. The van der Waals surface area contributed by atoms with Gasteiger partial charge in [0.1, 0.15) is 0 Å². The maximum absolute atomic E-state index is 6.07. The van der Waals surface area contributed by atoms with E-state index in [-0.39, 0.29) is 0 Å². The first-order chi connectivity index (χ1) is 11.7. The molecule has 1 fully saturated rings. The number of hydrogen-bond donors (Lipinski definition) is 2. The molecule has 1 aliphatic carbocycles. The van der Waals surface area contributed by atoms with Gasteiger partial charge in [-0.1, -0.05) is 29.5 Å². The molecular weight excluding hydrogens is 340 g/mol. The van der Waals surface area contributed by atoms with E-state index >= 15 is 0 Å². The van der Waals surface area contributed by atoms with Crippen LogP contribution in [0.1, 0.15) is 35.8 Å². The molecule has 3 N–H and O–H groups in total. The number of nitrogens with two attached hydrogens (primary N) is 1. The second kappa shape index (κ2) is 6.45. The molecular formula is C16H18N6S2. The van der Waals surface area contributed by atoms with E-state index in [0.29, 0.717) is 5.92 Å². The topological polar surface area (TPSA) is 81.7 Å². The molecule has 0 bridgehead atoms. The van der Waals surface area contributed by atoms with E-state index in [0.717, 1.165) is 33.2 Å². The monoisotopic (exact) mass is 358 g/mol. The van der Waals surface area contributed by atoms with Crippen molar-refractivity contribution in [3.8, 4) is 0 Å². The van der Waals surface area contributed by atoms with Crippen molar-refractivity contribution in [2.75, 3.05) is 11.2 Å².